The molecule has 0 unspecified atom stereocenters. The number of anilines is 6. The van der Waals surface area contributed by atoms with Crippen molar-refractivity contribution in [3.05, 3.63) is 267 Å². The average Bonchev–Trinajstić information content (AvgIpc) is 3.36. The van der Waals surface area contributed by atoms with E-state index in [0.717, 1.165) is 78.6 Å². The zero-order valence-corrected chi connectivity index (χ0v) is 34.1. The van der Waals surface area contributed by atoms with Crippen molar-refractivity contribution < 1.29 is 0 Å². The Balaban J connectivity index is 0.993. The van der Waals surface area contributed by atoms with E-state index in [2.05, 4.69) is 265 Å². The molecule has 0 saturated heterocycles. The van der Waals surface area contributed by atoms with Crippen molar-refractivity contribution in [3.8, 4) is 55.6 Å². The molecule has 10 rings (SSSR count). The smallest absolute Gasteiger partial charge is 0.0540 e. The standard InChI is InChI=1S/C60H42N2/c1-5-18-45(19-6-1)47-36-40-55(41-37-47)61(53-24-9-3-10-25-53)59-30-15-13-28-57(59)49-32-34-50(35-33-49)58-29-14-16-31-60(58)62(54-26-11-4-12-27-54)56-42-38-48(39-43-56)52-23-17-22-51(44-52)46-20-7-2-8-21-46/h1-7,9-20,22-44H. The zero-order valence-electron chi connectivity index (χ0n) is 34.1. The van der Waals surface area contributed by atoms with Crippen LogP contribution in [0.4, 0.5) is 34.1 Å². The second-order valence-corrected chi connectivity index (χ2v) is 15.2. The molecule has 0 bridgehead atoms. The van der Waals surface area contributed by atoms with E-state index >= 15 is 0 Å². The highest BCUT2D eigenvalue weighted by molar-refractivity contribution is 5.92. The zero-order chi connectivity index (χ0) is 41.5. The van der Waals surface area contributed by atoms with Gasteiger partial charge in [-0.2, -0.15) is 0 Å². The molecule has 0 amide bonds. The quantitative estimate of drug-likeness (QED) is 0.129. The van der Waals surface area contributed by atoms with Gasteiger partial charge in [0, 0.05) is 39.4 Å². The van der Waals surface area contributed by atoms with Crippen LogP contribution in [0.25, 0.3) is 55.6 Å². The number of hydrogen-bond donors (Lipinski definition) is 0. The molecule has 10 aromatic carbocycles. The van der Waals surface area contributed by atoms with Crippen molar-refractivity contribution >= 4 is 34.1 Å². The monoisotopic (exact) mass is 790 g/mol. The molecular weight excluding hydrogens is 749 g/mol. The summed E-state index contributed by atoms with van der Waals surface area (Å²) in [7, 11) is 0. The predicted octanol–water partition coefficient (Wildman–Crippen LogP) is 16.6. The lowest BCUT2D eigenvalue weighted by Gasteiger charge is -2.28. The lowest BCUT2D eigenvalue weighted by atomic mass is 9.96. The molecule has 0 atom stereocenters. The Morgan fingerprint density at radius 3 is 1.15 bits per heavy atom. The van der Waals surface area contributed by atoms with E-state index in [1.165, 1.54) is 11.1 Å². The number of para-hydroxylation sites is 4. The molecule has 10 aromatic rings. The van der Waals surface area contributed by atoms with Crippen LogP contribution in [-0.2, 0) is 0 Å². The summed E-state index contributed by atoms with van der Waals surface area (Å²) in [4.78, 5) is 4.71. The van der Waals surface area contributed by atoms with Gasteiger partial charge in [0.1, 0.15) is 0 Å². The predicted molar refractivity (Wildman–Crippen MR) is 261 cm³/mol. The molecular formula is C60H42N2. The van der Waals surface area contributed by atoms with Crippen LogP contribution in [0.1, 0.15) is 0 Å². The average molecular weight is 791 g/mol. The number of nitrogens with zero attached hydrogens (tertiary/aromatic N) is 2. The topological polar surface area (TPSA) is 6.48 Å². The summed E-state index contributed by atoms with van der Waals surface area (Å²) in [6.45, 7) is 0. The van der Waals surface area contributed by atoms with Crippen molar-refractivity contribution in [1.82, 2.24) is 0 Å². The summed E-state index contributed by atoms with van der Waals surface area (Å²) >= 11 is 0. The van der Waals surface area contributed by atoms with Gasteiger partial charge < -0.3 is 9.80 Å². The van der Waals surface area contributed by atoms with Crippen LogP contribution >= 0.6 is 0 Å². The van der Waals surface area contributed by atoms with E-state index in [4.69, 9.17) is 0 Å². The van der Waals surface area contributed by atoms with E-state index in [-0.39, 0.29) is 0 Å². The van der Waals surface area contributed by atoms with Gasteiger partial charge >= 0.3 is 0 Å². The molecule has 0 spiro atoms. The molecule has 0 N–H and O–H groups in total. The van der Waals surface area contributed by atoms with Gasteiger partial charge in [-0.25, -0.2) is 0 Å². The van der Waals surface area contributed by atoms with Crippen LogP contribution in [0, 0.1) is 12.1 Å². The molecule has 0 aliphatic rings. The first-order valence-corrected chi connectivity index (χ1v) is 21.0. The van der Waals surface area contributed by atoms with E-state index in [1.54, 1.807) is 0 Å². The Morgan fingerprint density at radius 2 is 0.645 bits per heavy atom. The van der Waals surface area contributed by atoms with Gasteiger partial charge in [0.2, 0.25) is 0 Å². The van der Waals surface area contributed by atoms with Crippen molar-refractivity contribution in [3.63, 3.8) is 0 Å². The Kier molecular flexibility index (Phi) is 10.7. The second kappa shape index (κ2) is 17.5. The van der Waals surface area contributed by atoms with Gasteiger partial charge in [0.25, 0.3) is 0 Å². The Morgan fingerprint density at radius 1 is 0.258 bits per heavy atom. The van der Waals surface area contributed by atoms with Crippen molar-refractivity contribution in [1.29, 1.82) is 0 Å². The van der Waals surface area contributed by atoms with Crippen LogP contribution in [0.15, 0.2) is 255 Å². The van der Waals surface area contributed by atoms with E-state index in [0.29, 0.717) is 0 Å². The van der Waals surface area contributed by atoms with Crippen molar-refractivity contribution in [2.75, 3.05) is 9.80 Å². The highest BCUT2D eigenvalue weighted by Gasteiger charge is 2.20. The summed E-state index contributed by atoms with van der Waals surface area (Å²) in [5, 5.41) is 0. The summed E-state index contributed by atoms with van der Waals surface area (Å²) in [6, 6.07) is 96.9. The molecule has 292 valence electrons. The first kappa shape index (κ1) is 37.9. The molecule has 0 aliphatic carbocycles. The van der Waals surface area contributed by atoms with Gasteiger partial charge in [-0.1, -0.05) is 188 Å². The van der Waals surface area contributed by atoms with Gasteiger partial charge in [0.15, 0.2) is 0 Å². The lowest BCUT2D eigenvalue weighted by Crippen LogP contribution is -2.11. The van der Waals surface area contributed by atoms with E-state index in [9.17, 15) is 0 Å². The third-order valence-electron chi connectivity index (χ3n) is 11.3. The highest BCUT2D eigenvalue weighted by atomic mass is 15.1. The molecule has 0 saturated carbocycles. The first-order chi connectivity index (χ1) is 30.8. The van der Waals surface area contributed by atoms with Crippen LogP contribution in [0.3, 0.4) is 0 Å². The third kappa shape index (κ3) is 7.87. The van der Waals surface area contributed by atoms with Crippen LogP contribution in [0.5, 0.6) is 0 Å². The maximum Gasteiger partial charge on any atom is 0.0540 e. The number of benzene rings is 9. The molecule has 62 heavy (non-hydrogen) atoms. The van der Waals surface area contributed by atoms with Gasteiger partial charge in [-0.15, -0.1) is 0 Å². The van der Waals surface area contributed by atoms with Crippen molar-refractivity contribution in [2.45, 2.75) is 0 Å². The molecule has 0 aliphatic heterocycles. The van der Waals surface area contributed by atoms with Gasteiger partial charge in [-0.05, 0) is 118 Å². The van der Waals surface area contributed by atoms with Gasteiger partial charge in [-0.3, -0.25) is 0 Å². The Bertz CT molecular complexity index is 3020. The fourth-order valence-electron chi connectivity index (χ4n) is 8.29. The highest BCUT2D eigenvalue weighted by Crippen LogP contribution is 2.44. The third-order valence-corrected chi connectivity index (χ3v) is 11.3. The normalized spacial score (nSPS) is 10.8. The summed E-state index contributed by atoms with van der Waals surface area (Å²) in [5.74, 6) is 0. The van der Waals surface area contributed by atoms with E-state index in [1.807, 2.05) is 12.1 Å². The second-order valence-electron chi connectivity index (χ2n) is 15.2. The molecule has 2 nitrogen and oxygen atoms in total. The summed E-state index contributed by atoms with van der Waals surface area (Å²) < 4.78 is 0. The summed E-state index contributed by atoms with van der Waals surface area (Å²) in [6.07, 6.45) is 0. The minimum Gasteiger partial charge on any atom is -0.310 e. The Hall–Kier alpha value is -8.38. The van der Waals surface area contributed by atoms with Crippen LogP contribution in [-0.4, -0.2) is 0 Å². The minimum atomic E-state index is 1.04. The number of hydrogen-bond acceptors (Lipinski definition) is 2. The van der Waals surface area contributed by atoms with Crippen molar-refractivity contribution in [2.24, 2.45) is 0 Å². The summed E-state index contributed by atoms with van der Waals surface area (Å²) in [5.41, 5.74) is 18.0. The largest absolute Gasteiger partial charge is 0.310 e. The maximum absolute atomic E-state index is 3.25. The van der Waals surface area contributed by atoms with Gasteiger partial charge in [0.05, 0.1) is 11.4 Å². The van der Waals surface area contributed by atoms with Crippen LogP contribution in [0.2, 0.25) is 0 Å². The minimum absolute atomic E-state index is 1.04. The maximum atomic E-state index is 3.25. The lowest BCUT2D eigenvalue weighted by molar-refractivity contribution is 1.28. The first-order valence-electron chi connectivity index (χ1n) is 21.0. The molecule has 0 heterocycles. The molecule has 0 aromatic heterocycles. The molecule has 2 heteroatoms. The SMILES string of the molecule is c1cccc(-c2cccc(-c3ccc(N(c4ccccc4)c4ccccc4-c4ccc(-c5ccccc5N(c5ccccc5)c5ccc(-c6ccccc6)cc5)cc4)cc3)c2)c#1. The fourth-order valence-corrected chi connectivity index (χ4v) is 8.29. The fraction of sp³-hybridized carbons (Fsp3) is 0. The number of rotatable bonds is 11. The van der Waals surface area contributed by atoms with Crippen LogP contribution < -0.4 is 9.80 Å². The Labute approximate surface area is 364 Å². The molecule has 0 radical (unpaired) electrons. The molecule has 0 fully saturated rings. The van der Waals surface area contributed by atoms with E-state index < -0.39 is 0 Å².